The van der Waals surface area contributed by atoms with E-state index in [2.05, 4.69) is 0 Å². The molecule has 2 aromatic carbocycles. The molecule has 3 rings (SSSR count). The molecule has 2 amide bonds. The van der Waals surface area contributed by atoms with E-state index in [0.29, 0.717) is 10.7 Å². The summed E-state index contributed by atoms with van der Waals surface area (Å²) in [5.41, 5.74) is 1.42. The fourth-order valence-corrected chi connectivity index (χ4v) is 2.50. The minimum atomic E-state index is -1.15. The second-order valence-electron chi connectivity index (χ2n) is 4.94. The first-order valence-electron chi connectivity index (χ1n) is 6.42. The minimum absolute atomic E-state index is 0.0383. The number of rotatable bonds is 2. The van der Waals surface area contributed by atoms with Gasteiger partial charge in [-0.3, -0.25) is 9.59 Å². The lowest BCUT2D eigenvalue weighted by atomic mass is 10.1. The summed E-state index contributed by atoms with van der Waals surface area (Å²) in [4.78, 5) is 36.8. The molecule has 0 aromatic heterocycles. The highest BCUT2D eigenvalue weighted by molar-refractivity contribution is 6.36. The highest BCUT2D eigenvalue weighted by Crippen LogP contribution is 2.31. The van der Waals surface area contributed by atoms with Crippen LogP contribution < -0.4 is 4.90 Å². The van der Waals surface area contributed by atoms with Crippen LogP contribution in [0.1, 0.15) is 36.6 Å². The Morgan fingerprint density at radius 1 is 1.05 bits per heavy atom. The third-order valence-electron chi connectivity index (χ3n) is 3.55. The van der Waals surface area contributed by atoms with Crippen LogP contribution in [0.2, 0.25) is 5.02 Å². The number of carboxylic acid groups (broad SMARTS) is 1. The van der Waals surface area contributed by atoms with Crippen LogP contribution >= 0.6 is 11.6 Å². The topological polar surface area (TPSA) is 74.7 Å². The molecule has 0 atom stereocenters. The normalized spacial score (nSPS) is 13.5. The lowest BCUT2D eigenvalue weighted by Gasteiger charge is -2.14. The molecule has 110 valence electrons. The molecule has 0 fully saturated rings. The summed E-state index contributed by atoms with van der Waals surface area (Å²) < 4.78 is 0. The molecule has 6 heteroatoms. The van der Waals surface area contributed by atoms with Gasteiger partial charge in [0.25, 0.3) is 11.8 Å². The van der Waals surface area contributed by atoms with Gasteiger partial charge < -0.3 is 5.11 Å². The highest BCUT2D eigenvalue weighted by atomic mass is 35.5. The Morgan fingerprint density at radius 2 is 1.73 bits per heavy atom. The Bertz CT molecular complexity index is 844. The number of hydrogen-bond donors (Lipinski definition) is 1. The van der Waals surface area contributed by atoms with Gasteiger partial charge in [0.2, 0.25) is 0 Å². The molecule has 1 aliphatic rings. The minimum Gasteiger partial charge on any atom is -0.478 e. The number of halogens is 1. The molecule has 0 bridgehead atoms. The number of amides is 2. The molecule has 1 aliphatic heterocycles. The van der Waals surface area contributed by atoms with E-state index in [0.717, 1.165) is 10.5 Å². The van der Waals surface area contributed by atoms with Crippen molar-refractivity contribution < 1.29 is 19.5 Å². The number of aromatic carboxylic acids is 1. The van der Waals surface area contributed by atoms with Gasteiger partial charge in [0.15, 0.2) is 0 Å². The smallest absolute Gasteiger partial charge is 0.335 e. The number of benzene rings is 2. The van der Waals surface area contributed by atoms with Crippen molar-refractivity contribution in [3.63, 3.8) is 0 Å². The van der Waals surface area contributed by atoms with E-state index >= 15 is 0 Å². The van der Waals surface area contributed by atoms with E-state index in [1.54, 1.807) is 12.1 Å². The van der Waals surface area contributed by atoms with Crippen molar-refractivity contribution in [1.29, 1.82) is 0 Å². The van der Waals surface area contributed by atoms with Crippen LogP contribution in [-0.2, 0) is 0 Å². The summed E-state index contributed by atoms with van der Waals surface area (Å²) in [5.74, 6) is -2.19. The Balaban J connectivity index is 2.09. The molecule has 2 aromatic rings. The van der Waals surface area contributed by atoms with Crippen LogP contribution in [-0.4, -0.2) is 22.9 Å². The van der Waals surface area contributed by atoms with Crippen LogP contribution in [0.3, 0.4) is 0 Å². The van der Waals surface area contributed by atoms with Crippen molar-refractivity contribution >= 4 is 35.1 Å². The summed E-state index contributed by atoms with van der Waals surface area (Å²) in [6.07, 6.45) is 0. The van der Waals surface area contributed by atoms with Gasteiger partial charge in [-0.15, -0.1) is 0 Å². The van der Waals surface area contributed by atoms with E-state index in [1.807, 2.05) is 6.92 Å². The third kappa shape index (κ3) is 2.07. The molecule has 0 saturated heterocycles. The van der Waals surface area contributed by atoms with Crippen LogP contribution in [0.5, 0.6) is 0 Å². The molecule has 0 saturated carbocycles. The summed E-state index contributed by atoms with van der Waals surface area (Å²) in [7, 11) is 0. The predicted molar refractivity (Wildman–Crippen MR) is 80.7 cm³/mol. The van der Waals surface area contributed by atoms with Gasteiger partial charge in [0, 0.05) is 5.02 Å². The maximum Gasteiger partial charge on any atom is 0.335 e. The first kappa shape index (κ1) is 14.3. The van der Waals surface area contributed by atoms with Gasteiger partial charge >= 0.3 is 5.97 Å². The zero-order valence-corrected chi connectivity index (χ0v) is 12.2. The van der Waals surface area contributed by atoms with Crippen LogP contribution in [0, 0.1) is 6.92 Å². The third-order valence-corrected chi connectivity index (χ3v) is 3.95. The molecule has 0 spiro atoms. The fraction of sp³-hybridized carbons (Fsp3) is 0.0625. The van der Waals surface area contributed by atoms with Crippen molar-refractivity contribution in [2.45, 2.75) is 6.92 Å². The molecule has 0 aliphatic carbocycles. The number of aryl methyl sites for hydroxylation is 1. The number of hydrogen-bond acceptors (Lipinski definition) is 3. The van der Waals surface area contributed by atoms with Crippen LogP contribution in [0.4, 0.5) is 5.69 Å². The van der Waals surface area contributed by atoms with Gasteiger partial charge in [-0.05, 0) is 42.8 Å². The quantitative estimate of drug-likeness (QED) is 0.864. The number of anilines is 1. The molecular weight excluding hydrogens is 306 g/mol. The molecule has 1 heterocycles. The van der Waals surface area contributed by atoms with E-state index in [1.165, 1.54) is 24.3 Å². The summed E-state index contributed by atoms with van der Waals surface area (Å²) in [5, 5.41) is 9.44. The number of imide groups is 1. The van der Waals surface area contributed by atoms with Crippen LogP contribution in [0.25, 0.3) is 0 Å². The Labute approximate surface area is 130 Å². The summed E-state index contributed by atoms with van der Waals surface area (Å²) >= 11 is 6.04. The average molecular weight is 316 g/mol. The lowest BCUT2D eigenvalue weighted by Crippen LogP contribution is -2.29. The first-order chi connectivity index (χ1) is 10.4. The number of carboxylic acids is 1. The predicted octanol–water partition coefficient (Wildman–Crippen LogP) is 3.15. The Hall–Kier alpha value is -2.66. The van der Waals surface area contributed by atoms with E-state index in [4.69, 9.17) is 16.7 Å². The first-order valence-corrected chi connectivity index (χ1v) is 6.80. The zero-order chi connectivity index (χ0) is 16.0. The largest absolute Gasteiger partial charge is 0.478 e. The van der Waals surface area contributed by atoms with Crippen LogP contribution in [0.15, 0.2) is 36.4 Å². The van der Waals surface area contributed by atoms with Gasteiger partial charge in [-0.1, -0.05) is 17.7 Å². The van der Waals surface area contributed by atoms with Crippen molar-refractivity contribution in [1.82, 2.24) is 0 Å². The maximum absolute atomic E-state index is 12.4. The summed E-state index contributed by atoms with van der Waals surface area (Å²) in [6.45, 7) is 1.81. The average Bonchev–Trinajstić information content (AvgIpc) is 2.73. The fourth-order valence-electron chi connectivity index (χ4n) is 2.33. The molecule has 22 heavy (non-hydrogen) atoms. The number of fused-ring (bicyclic) bond motifs is 1. The van der Waals surface area contributed by atoms with Gasteiger partial charge in [-0.2, -0.15) is 0 Å². The molecule has 0 radical (unpaired) electrons. The molecule has 0 unspecified atom stereocenters. The van der Waals surface area contributed by atoms with Gasteiger partial charge in [-0.25, -0.2) is 9.69 Å². The van der Waals surface area contributed by atoms with E-state index < -0.39 is 17.8 Å². The Kier molecular flexibility index (Phi) is 3.22. The van der Waals surface area contributed by atoms with E-state index in [9.17, 15) is 14.4 Å². The van der Waals surface area contributed by atoms with Gasteiger partial charge in [0.1, 0.15) is 0 Å². The Morgan fingerprint density at radius 3 is 2.36 bits per heavy atom. The second kappa shape index (κ2) is 4.96. The van der Waals surface area contributed by atoms with Gasteiger partial charge in [0.05, 0.1) is 22.4 Å². The molecular formula is C16H10ClNO4. The van der Waals surface area contributed by atoms with E-state index in [-0.39, 0.29) is 16.7 Å². The number of carbonyl (C=O) groups excluding carboxylic acids is 2. The second-order valence-corrected chi connectivity index (χ2v) is 5.35. The van der Waals surface area contributed by atoms with Crippen molar-refractivity contribution in [3.05, 3.63) is 63.7 Å². The SMILES string of the molecule is Cc1ccc(N2C(=O)c3ccc(C(=O)O)cc3C2=O)cc1Cl. The van der Waals surface area contributed by atoms with Crippen molar-refractivity contribution in [2.75, 3.05) is 4.90 Å². The number of carbonyl (C=O) groups is 3. The number of nitrogens with zero attached hydrogens (tertiary/aromatic N) is 1. The highest BCUT2D eigenvalue weighted by Gasteiger charge is 2.37. The zero-order valence-electron chi connectivity index (χ0n) is 11.5. The lowest BCUT2D eigenvalue weighted by molar-refractivity contribution is 0.0696. The maximum atomic E-state index is 12.4. The van der Waals surface area contributed by atoms with Crippen molar-refractivity contribution in [3.8, 4) is 0 Å². The molecule has 1 N–H and O–H groups in total. The van der Waals surface area contributed by atoms with Crippen molar-refractivity contribution in [2.24, 2.45) is 0 Å². The standard InChI is InChI=1S/C16H10ClNO4/c1-8-2-4-10(7-13(8)17)18-14(19)11-5-3-9(16(21)22)6-12(11)15(18)20/h2-7H,1H3,(H,21,22). The monoisotopic (exact) mass is 315 g/mol. The summed E-state index contributed by atoms with van der Waals surface area (Å²) in [6, 6.07) is 8.75. The molecule has 5 nitrogen and oxygen atoms in total.